The summed E-state index contributed by atoms with van der Waals surface area (Å²) < 4.78 is 0. The molecule has 1 aliphatic carbocycles. The van der Waals surface area contributed by atoms with E-state index in [1.807, 2.05) is 69.2 Å². The normalized spacial score (nSPS) is 20.6. The van der Waals surface area contributed by atoms with Gasteiger partial charge in [0, 0.05) is 60.4 Å². The minimum Gasteiger partial charge on any atom is -0.378 e. The number of hydrogen-bond acceptors (Lipinski definition) is 5. The minimum atomic E-state index is -0.410. The van der Waals surface area contributed by atoms with E-state index >= 15 is 0 Å². The van der Waals surface area contributed by atoms with Gasteiger partial charge in [-0.1, -0.05) is 25.1 Å². The van der Waals surface area contributed by atoms with Gasteiger partial charge in [-0.2, -0.15) is 0 Å². The van der Waals surface area contributed by atoms with Gasteiger partial charge < -0.3 is 15.5 Å². The van der Waals surface area contributed by atoms with Crippen LogP contribution in [0.2, 0.25) is 0 Å². The number of aryl methyl sites for hydroxylation is 1. The number of carbonyl (C=O) groups excluding carboxylic acids is 2. The molecule has 0 saturated heterocycles. The molecule has 2 aliphatic rings. The Morgan fingerprint density at radius 2 is 1.81 bits per heavy atom. The van der Waals surface area contributed by atoms with E-state index in [0.29, 0.717) is 23.4 Å². The van der Waals surface area contributed by atoms with Gasteiger partial charge in [0.15, 0.2) is 5.78 Å². The summed E-state index contributed by atoms with van der Waals surface area (Å²) in [7, 11) is 3.98. The van der Waals surface area contributed by atoms with Gasteiger partial charge in [-0.05, 0) is 56.0 Å². The fraction of sp³-hybridized carbons (Fsp3) is 0.346. The van der Waals surface area contributed by atoms with Crippen LogP contribution < -0.4 is 15.5 Å². The second kappa shape index (κ2) is 8.61. The van der Waals surface area contributed by atoms with Crippen LogP contribution in [-0.2, 0) is 9.59 Å². The maximum atomic E-state index is 13.5. The van der Waals surface area contributed by atoms with Crippen LogP contribution in [0.1, 0.15) is 43.9 Å². The molecule has 0 spiro atoms. The molecule has 1 aromatic heterocycles. The molecule has 6 nitrogen and oxygen atoms in total. The molecule has 1 aliphatic heterocycles. The van der Waals surface area contributed by atoms with Crippen LogP contribution in [-0.4, -0.2) is 30.8 Å². The summed E-state index contributed by atoms with van der Waals surface area (Å²) in [4.78, 5) is 33.1. The number of amides is 1. The second-order valence-corrected chi connectivity index (χ2v) is 9.03. The molecule has 0 radical (unpaired) electrons. The molecule has 0 bridgehead atoms. The summed E-state index contributed by atoms with van der Waals surface area (Å²) in [6.07, 6.45) is 1.30. The van der Waals surface area contributed by atoms with E-state index in [4.69, 9.17) is 0 Å². The number of carbonyl (C=O) groups is 2. The third-order valence-electron chi connectivity index (χ3n) is 6.15. The minimum absolute atomic E-state index is 0.111. The van der Waals surface area contributed by atoms with E-state index in [2.05, 4.69) is 22.5 Å². The van der Waals surface area contributed by atoms with Crippen molar-refractivity contribution in [1.29, 1.82) is 0 Å². The smallest absolute Gasteiger partial charge is 0.255 e. The summed E-state index contributed by atoms with van der Waals surface area (Å²) in [5.74, 6) is 0.241. The SMILES string of the molecule is CC1=C(C(=O)Nc2cccc(C)n2)[C@H](c2ccc(N(C)C)cc2)C2=C(C[C@H](C)CC2=O)N1. The average Bonchev–Trinajstić information content (AvgIpc) is 2.72. The van der Waals surface area contributed by atoms with Crippen LogP contribution in [0.4, 0.5) is 11.5 Å². The van der Waals surface area contributed by atoms with Crippen LogP contribution in [0, 0.1) is 12.8 Å². The third kappa shape index (κ3) is 4.17. The van der Waals surface area contributed by atoms with Crippen molar-refractivity contribution < 1.29 is 9.59 Å². The lowest BCUT2D eigenvalue weighted by atomic mass is 9.73. The highest BCUT2D eigenvalue weighted by Gasteiger charge is 2.39. The van der Waals surface area contributed by atoms with Crippen molar-refractivity contribution in [2.75, 3.05) is 24.3 Å². The Hall–Kier alpha value is -3.41. The molecule has 1 aromatic carbocycles. The Morgan fingerprint density at radius 3 is 2.47 bits per heavy atom. The van der Waals surface area contributed by atoms with Crippen LogP contribution >= 0.6 is 0 Å². The van der Waals surface area contributed by atoms with Crippen molar-refractivity contribution in [3.05, 3.63) is 76.3 Å². The number of nitrogens with one attached hydrogen (secondary N) is 2. The van der Waals surface area contributed by atoms with Crippen LogP contribution in [0.15, 0.2) is 65.0 Å². The van der Waals surface area contributed by atoms with E-state index in [9.17, 15) is 9.59 Å². The van der Waals surface area contributed by atoms with E-state index in [1.54, 1.807) is 6.07 Å². The number of pyridine rings is 1. The summed E-state index contributed by atoms with van der Waals surface area (Å²) in [5.41, 5.74) is 5.83. The Bertz CT molecular complexity index is 1130. The predicted molar refractivity (Wildman–Crippen MR) is 127 cm³/mol. The molecule has 166 valence electrons. The number of hydrogen-bond donors (Lipinski definition) is 2. The Kier molecular flexibility index (Phi) is 5.87. The van der Waals surface area contributed by atoms with E-state index in [-0.39, 0.29) is 17.6 Å². The number of anilines is 2. The highest BCUT2D eigenvalue weighted by atomic mass is 16.2. The molecule has 0 saturated carbocycles. The molecule has 6 heteroatoms. The Labute approximate surface area is 189 Å². The molecule has 0 unspecified atom stereocenters. The Morgan fingerprint density at radius 1 is 1.09 bits per heavy atom. The lowest BCUT2D eigenvalue weighted by Crippen LogP contribution is -2.37. The molecule has 2 aromatic rings. The number of nitrogens with zero attached hydrogens (tertiary/aromatic N) is 2. The van der Waals surface area contributed by atoms with Crippen molar-refractivity contribution in [2.24, 2.45) is 5.92 Å². The first kappa shape index (κ1) is 21.8. The quantitative estimate of drug-likeness (QED) is 0.756. The third-order valence-corrected chi connectivity index (χ3v) is 6.15. The van der Waals surface area contributed by atoms with Crippen molar-refractivity contribution in [1.82, 2.24) is 10.3 Å². The highest BCUT2D eigenvalue weighted by molar-refractivity contribution is 6.09. The topological polar surface area (TPSA) is 74.3 Å². The maximum absolute atomic E-state index is 13.5. The van der Waals surface area contributed by atoms with Gasteiger partial charge in [0.05, 0.1) is 0 Å². The summed E-state index contributed by atoms with van der Waals surface area (Å²) >= 11 is 0. The first-order chi connectivity index (χ1) is 15.2. The van der Waals surface area contributed by atoms with E-state index < -0.39 is 5.92 Å². The summed E-state index contributed by atoms with van der Waals surface area (Å²) in [6, 6.07) is 13.6. The van der Waals surface area contributed by atoms with Crippen molar-refractivity contribution in [3.8, 4) is 0 Å². The zero-order chi connectivity index (χ0) is 23.0. The standard InChI is InChI=1S/C26H30N4O2/c1-15-13-20-25(21(31)14-15)24(18-9-11-19(12-10-18)30(4)5)23(17(3)28-20)26(32)29-22-8-6-7-16(2)27-22/h6-12,15,24,28H,13-14H2,1-5H3,(H,27,29,32)/t15-,24-/m0/s1. The van der Waals surface area contributed by atoms with Crippen molar-refractivity contribution in [3.63, 3.8) is 0 Å². The number of rotatable bonds is 4. The molecule has 1 amide bonds. The Balaban J connectivity index is 1.78. The molecule has 2 heterocycles. The molecular weight excluding hydrogens is 400 g/mol. The molecular formula is C26H30N4O2. The monoisotopic (exact) mass is 430 g/mol. The fourth-order valence-corrected chi connectivity index (χ4v) is 4.63. The zero-order valence-electron chi connectivity index (χ0n) is 19.3. The van der Waals surface area contributed by atoms with Gasteiger partial charge in [0.2, 0.25) is 0 Å². The molecule has 4 rings (SSSR count). The highest BCUT2D eigenvalue weighted by Crippen LogP contribution is 2.43. The zero-order valence-corrected chi connectivity index (χ0v) is 19.3. The van der Waals surface area contributed by atoms with E-state index in [0.717, 1.165) is 34.8 Å². The summed E-state index contributed by atoms with van der Waals surface area (Å²) in [5, 5.41) is 6.33. The lowest BCUT2D eigenvalue weighted by Gasteiger charge is -2.36. The van der Waals surface area contributed by atoms with Crippen molar-refractivity contribution >= 4 is 23.2 Å². The van der Waals surface area contributed by atoms with Gasteiger partial charge >= 0.3 is 0 Å². The maximum Gasteiger partial charge on any atom is 0.255 e. The number of ketones is 1. The number of allylic oxidation sites excluding steroid dienone is 3. The molecule has 2 atom stereocenters. The van der Waals surface area contributed by atoms with Crippen molar-refractivity contribution in [2.45, 2.75) is 39.5 Å². The lowest BCUT2D eigenvalue weighted by molar-refractivity contribution is -0.117. The molecule has 0 fully saturated rings. The molecule has 2 N–H and O–H groups in total. The largest absolute Gasteiger partial charge is 0.378 e. The van der Waals surface area contributed by atoms with Crippen LogP contribution in [0.3, 0.4) is 0 Å². The predicted octanol–water partition coefficient (Wildman–Crippen LogP) is 4.31. The second-order valence-electron chi connectivity index (χ2n) is 9.03. The molecule has 32 heavy (non-hydrogen) atoms. The summed E-state index contributed by atoms with van der Waals surface area (Å²) in [6.45, 7) is 5.89. The fourth-order valence-electron chi connectivity index (χ4n) is 4.63. The first-order valence-corrected chi connectivity index (χ1v) is 11.0. The van der Waals surface area contributed by atoms with Gasteiger partial charge in [-0.15, -0.1) is 0 Å². The number of benzene rings is 1. The number of aromatic nitrogens is 1. The van der Waals surface area contributed by atoms with Gasteiger partial charge in [0.1, 0.15) is 5.82 Å². The van der Waals surface area contributed by atoms with E-state index in [1.165, 1.54) is 0 Å². The van der Waals surface area contributed by atoms with Gasteiger partial charge in [-0.3, -0.25) is 9.59 Å². The first-order valence-electron chi connectivity index (χ1n) is 11.0. The average molecular weight is 431 g/mol. The van der Waals surface area contributed by atoms with Gasteiger partial charge in [0.25, 0.3) is 5.91 Å². The van der Waals surface area contributed by atoms with Crippen LogP contribution in [0.5, 0.6) is 0 Å². The number of Topliss-reactive ketones (excluding diaryl/α,β-unsaturated/α-hetero) is 1. The van der Waals surface area contributed by atoms with Crippen LogP contribution in [0.25, 0.3) is 0 Å². The van der Waals surface area contributed by atoms with Gasteiger partial charge in [-0.25, -0.2) is 4.98 Å². The number of dihydropyridines is 1.